The number of rotatable bonds is 7. The number of aliphatic hydroxyl groups is 1. The Hall–Kier alpha value is -2.35. The van der Waals surface area contributed by atoms with Crippen molar-refractivity contribution in [3.05, 3.63) is 76.8 Å². The molecule has 0 saturated heterocycles. The molecule has 0 radical (unpaired) electrons. The van der Waals surface area contributed by atoms with Crippen molar-refractivity contribution in [1.82, 2.24) is 9.88 Å². The van der Waals surface area contributed by atoms with Gasteiger partial charge in [0.25, 0.3) is 0 Å². The second-order valence-electron chi connectivity index (χ2n) is 7.37. The average molecular weight is 437 g/mol. The summed E-state index contributed by atoms with van der Waals surface area (Å²) in [6, 6.07) is 14.0. The van der Waals surface area contributed by atoms with Gasteiger partial charge in [0, 0.05) is 18.2 Å². The first kappa shape index (κ1) is 20.9. The molecule has 1 unspecified atom stereocenters. The molecule has 1 aliphatic carbocycles. The molecule has 2 aromatic heterocycles. The van der Waals surface area contributed by atoms with Crippen LogP contribution in [0.4, 0.5) is 13.2 Å². The molecular formula is C22H20ClF3N2O2. The van der Waals surface area contributed by atoms with E-state index in [1.807, 2.05) is 0 Å². The maximum atomic E-state index is 13.3. The van der Waals surface area contributed by atoms with Crippen molar-refractivity contribution in [2.45, 2.75) is 37.7 Å². The molecule has 1 aromatic carbocycles. The van der Waals surface area contributed by atoms with E-state index in [4.69, 9.17) is 16.0 Å². The van der Waals surface area contributed by atoms with Crippen LogP contribution in [0.5, 0.6) is 0 Å². The Kier molecular flexibility index (Phi) is 5.86. The van der Waals surface area contributed by atoms with Crippen LogP contribution in [-0.4, -0.2) is 27.6 Å². The van der Waals surface area contributed by atoms with Crippen LogP contribution < -0.4 is 0 Å². The van der Waals surface area contributed by atoms with Crippen LogP contribution in [0.15, 0.2) is 59.0 Å². The summed E-state index contributed by atoms with van der Waals surface area (Å²) < 4.78 is 45.7. The molecule has 1 fully saturated rings. The highest BCUT2D eigenvalue weighted by Crippen LogP contribution is 2.38. The van der Waals surface area contributed by atoms with Crippen molar-refractivity contribution in [3.63, 3.8) is 0 Å². The van der Waals surface area contributed by atoms with Crippen LogP contribution in [0.3, 0.4) is 0 Å². The van der Waals surface area contributed by atoms with E-state index < -0.39 is 17.8 Å². The molecule has 0 spiro atoms. The highest BCUT2D eigenvalue weighted by atomic mass is 35.5. The van der Waals surface area contributed by atoms with Crippen LogP contribution >= 0.6 is 11.6 Å². The zero-order valence-corrected chi connectivity index (χ0v) is 16.7. The monoisotopic (exact) mass is 436 g/mol. The van der Waals surface area contributed by atoms with Crippen LogP contribution in [0, 0.1) is 0 Å². The smallest absolute Gasteiger partial charge is 0.417 e. The van der Waals surface area contributed by atoms with Crippen LogP contribution in [0.2, 0.25) is 5.15 Å². The third-order valence-corrected chi connectivity index (χ3v) is 5.28. The summed E-state index contributed by atoms with van der Waals surface area (Å²) in [7, 11) is 0. The first-order chi connectivity index (χ1) is 14.3. The van der Waals surface area contributed by atoms with Crippen molar-refractivity contribution in [3.8, 4) is 11.3 Å². The van der Waals surface area contributed by atoms with Crippen molar-refractivity contribution in [2.24, 2.45) is 0 Å². The van der Waals surface area contributed by atoms with Gasteiger partial charge in [-0.05, 0) is 43.2 Å². The summed E-state index contributed by atoms with van der Waals surface area (Å²) in [5, 5.41) is 10.9. The largest absolute Gasteiger partial charge is 0.460 e. The number of halogens is 4. The number of aromatic nitrogens is 1. The lowest BCUT2D eigenvalue weighted by atomic mass is 10.1. The minimum atomic E-state index is -4.46. The van der Waals surface area contributed by atoms with E-state index in [0.717, 1.165) is 18.9 Å². The first-order valence-corrected chi connectivity index (χ1v) is 9.99. The molecule has 158 valence electrons. The molecule has 1 N–H and O–H groups in total. The van der Waals surface area contributed by atoms with Crippen molar-refractivity contribution < 1.29 is 22.7 Å². The molecule has 3 aromatic rings. The van der Waals surface area contributed by atoms with E-state index in [-0.39, 0.29) is 11.3 Å². The zero-order valence-electron chi connectivity index (χ0n) is 15.9. The number of nitrogens with zero attached hydrogens (tertiary/aromatic N) is 2. The minimum absolute atomic E-state index is 0.0115. The molecule has 4 nitrogen and oxygen atoms in total. The number of benzene rings is 1. The van der Waals surface area contributed by atoms with E-state index >= 15 is 0 Å². The van der Waals surface area contributed by atoms with Crippen LogP contribution in [-0.2, 0) is 12.7 Å². The molecule has 0 bridgehead atoms. The number of alkyl halides is 3. The fourth-order valence-electron chi connectivity index (χ4n) is 3.46. The van der Waals surface area contributed by atoms with E-state index in [9.17, 15) is 18.3 Å². The van der Waals surface area contributed by atoms with Gasteiger partial charge in [-0.25, -0.2) is 4.98 Å². The van der Waals surface area contributed by atoms with Gasteiger partial charge >= 0.3 is 6.18 Å². The van der Waals surface area contributed by atoms with Gasteiger partial charge < -0.3 is 9.52 Å². The summed E-state index contributed by atoms with van der Waals surface area (Å²) in [5.74, 6) is 0.714. The molecular weight excluding hydrogens is 417 g/mol. The van der Waals surface area contributed by atoms with Crippen LogP contribution in [0.1, 0.15) is 36.0 Å². The molecule has 4 rings (SSSR count). The SMILES string of the molecule is OC(CN(Cc1ccc(-c2ccccc2C(F)(F)F)o1)C1CC1)c1cccc(Cl)n1. The third kappa shape index (κ3) is 4.86. The van der Waals surface area contributed by atoms with Crippen molar-refractivity contribution in [2.75, 3.05) is 6.54 Å². The van der Waals surface area contributed by atoms with E-state index in [0.29, 0.717) is 35.7 Å². The van der Waals surface area contributed by atoms with Gasteiger partial charge in [-0.1, -0.05) is 35.9 Å². The molecule has 1 saturated carbocycles. The fourth-order valence-corrected chi connectivity index (χ4v) is 3.63. The molecule has 30 heavy (non-hydrogen) atoms. The lowest BCUT2D eigenvalue weighted by molar-refractivity contribution is -0.137. The lowest BCUT2D eigenvalue weighted by Gasteiger charge is -2.23. The van der Waals surface area contributed by atoms with E-state index in [1.165, 1.54) is 12.1 Å². The Labute approximate surface area is 176 Å². The summed E-state index contributed by atoms with van der Waals surface area (Å²) in [5.41, 5.74) is -0.239. The molecule has 0 amide bonds. The Morgan fingerprint density at radius 3 is 2.57 bits per heavy atom. The highest BCUT2D eigenvalue weighted by Gasteiger charge is 2.35. The fraction of sp³-hybridized carbons (Fsp3) is 0.318. The van der Waals surface area contributed by atoms with Crippen molar-refractivity contribution >= 4 is 11.6 Å². The summed E-state index contributed by atoms with van der Waals surface area (Å²) in [6.07, 6.45) is -3.29. The number of hydrogen-bond donors (Lipinski definition) is 1. The Morgan fingerprint density at radius 2 is 1.87 bits per heavy atom. The average Bonchev–Trinajstić information content (AvgIpc) is 3.45. The Balaban J connectivity index is 1.51. The van der Waals surface area contributed by atoms with Crippen molar-refractivity contribution in [1.29, 1.82) is 0 Å². The maximum Gasteiger partial charge on any atom is 0.417 e. The van der Waals surface area contributed by atoms with E-state index in [1.54, 1.807) is 36.4 Å². The second kappa shape index (κ2) is 8.41. The van der Waals surface area contributed by atoms with Gasteiger partial charge in [0.15, 0.2) is 0 Å². The first-order valence-electron chi connectivity index (χ1n) is 9.61. The predicted molar refractivity (Wildman–Crippen MR) is 107 cm³/mol. The predicted octanol–water partition coefficient (Wildman–Crippen LogP) is 5.71. The van der Waals surface area contributed by atoms with Gasteiger partial charge in [-0.15, -0.1) is 0 Å². The van der Waals surface area contributed by atoms with Gasteiger partial charge in [0.2, 0.25) is 0 Å². The number of aliphatic hydroxyl groups excluding tert-OH is 1. The van der Waals surface area contributed by atoms with Crippen LogP contribution in [0.25, 0.3) is 11.3 Å². The maximum absolute atomic E-state index is 13.3. The molecule has 0 aliphatic heterocycles. The number of pyridine rings is 1. The van der Waals surface area contributed by atoms with E-state index in [2.05, 4.69) is 9.88 Å². The van der Waals surface area contributed by atoms with Gasteiger partial charge in [-0.3, -0.25) is 4.90 Å². The van der Waals surface area contributed by atoms with Gasteiger partial charge in [-0.2, -0.15) is 13.2 Å². The summed E-state index contributed by atoms with van der Waals surface area (Å²) >= 11 is 5.90. The Bertz CT molecular complexity index is 1020. The number of hydrogen-bond acceptors (Lipinski definition) is 4. The normalized spacial score (nSPS) is 15.5. The number of furan rings is 1. The molecule has 8 heteroatoms. The zero-order chi connectivity index (χ0) is 21.3. The summed E-state index contributed by atoms with van der Waals surface area (Å²) in [6.45, 7) is 0.712. The highest BCUT2D eigenvalue weighted by molar-refractivity contribution is 6.29. The molecule has 1 aliphatic rings. The quantitative estimate of drug-likeness (QED) is 0.482. The topological polar surface area (TPSA) is 49.5 Å². The molecule has 1 atom stereocenters. The van der Waals surface area contributed by atoms with Gasteiger partial charge in [0.1, 0.15) is 22.8 Å². The second-order valence-corrected chi connectivity index (χ2v) is 7.76. The molecule has 2 heterocycles. The lowest BCUT2D eigenvalue weighted by Crippen LogP contribution is -2.30. The standard InChI is InChI=1S/C22H20ClF3N2O2/c23-21-7-3-6-18(27-21)19(29)13-28(14-8-9-14)12-15-10-11-20(30-15)16-4-1-2-5-17(16)22(24,25)26/h1-7,10-11,14,19,29H,8-9,12-13H2. The Morgan fingerprint density at radius 1 is 1.10 bits per heavy atom. The minimum Gasteiger partial charge on any atom is -0.460 e. The van der Waals surface area contributed by atoms with Gasteiger partial charge in [0.05, 0.1) is 17.8 Å². The summed E-state index contributed by atoms with van der Waals surface area (Å²) in [4.78, 5) is 6.21. The third-order valence-electron chi connectivity index (χ3n) is 5.07.